The molecule has 15 heavy (non-hydrogen) atoms. The lowest BCUT2D eigenvalue weighted by Crippen LogP contribution is -2.25. The Balaban J connectivity index is 2.65. The van der Waals surface area contributed by atoms with Crippen LogP contribution < -0.4 is 5.32 Å². The van der Waals surface area contributed by atoms with E-state index in [9.17, 15) is 0 Å². The minimum Gasteiger partial charge on any atom is -0.366 e. The normalized spacial score (nSPS) is 12.9. The average Bonchev–Trinajstić information content (AvgIpc) is 2.23. The number of pyridine rings is 1. The maximum absolute atomic E-state index is 6.03. The van der Waals surface area contributed by atoms with Gasteiger partial charge in [-0.2, -0.15) is 0 Å². The Labute approximate surface area is 97.1 Å². The molecule has 1 unspecified atom stereocenters. The first-order valence-electron chi connectivity index (χ1n) is 5.56. The van der Waals surface area contributed by atoms with Crippen molar-refractivity contribution in [2.45, 2.75) is 39.7 Å². The van der Waals surface area contributed by atoms with E-state index >= 15 is 0 Å². The number of hydrogen-bond donors (Lipinski definition) is 1. The molecule has 1 N–H and O–H groups in total. The van der Waals surface area contributed by atoms with Crippen LogP contribution in [0.15, 0.2) is 18.3 Å². The SMILES string of the molecule is CCC(CC)C(C)Nc1ncccc1Cl. The molecule has 0 spiro atoms. The monoisotopic (exact) mass is 226 g/mol. The molecular weight excluding hydrogens is 208 g/mol. The lowest BCUT2D eigenvalue weighted by Gasteiger charge is -2.23. The van der Waals surface area contributed by atoms with E-state index in [0.717, 1.165) is 5.82 Å². The zero-order valence-corrected chi connectivity index (χ0v) is 10.4. The molecule has 1 heterocycles. The Bertz CT molecular complexity index is 297. The summed E-state index contributed by atoms with van der Waals surface area (Å²) in [4.78, 5) is 4.23. The van der Waals surface area contributed by atoms with Gasteiger partial charge in [0.05, 0.1) is 5.02 Å². The fourth-order valence-electron chi connectivity index (χ4n) is 1.82. The molecule has 0 aromatic carbocycles. The highest BCUT2D eigenvalue weighted by molar-refractivity contribution is 6.32. The van der Waals surface area contributed by atoms with Gasteiger partial charge < -0.3 is 5.32 Å². The van der Waals surface area contributed by atoms with Crippen molar-refractivity contribution in [1.82, 2.24) is 4.98 Å². The van der Waals surface area contributed by atoms with Gasteiger partial charge in [-0.15, -0.1) is 0 Å². The van der Waals surface area contributed by atoms with E-state index in [1.165, 1.54) is 12.8 Å². The minimum absolute atomic E-state index is 0.410. The summed E-state index contributed by atoms with van der Waals surface area (Å²) in [5.41, 5.74) is 0. The van der Waals surface area contributed by atoms with Gasteiger partial charge in [-0.05, 0) is 25.0 Å². The first-order chi connectivity index (χ1) is 7.19. The molecule has 0 amide bonds. The van der Waals surface area contributed by atoms with Crippen LogP contribution in [0.25, 0.3) is 0 Å². The van der Waals surface area contributed by atoms with Crippen LogP contribution in [-0.2, 0) is 0 Å². The number of anilines is 1. The van der Waals surface area contributed by atoms with Gasteiger partial charge in [0.1, 0.15) is 5.82 Å². The van der Waals surface area contributed by atoms with Crippen molar-refractivity contribution in [1.29, 1.82) is 0 Å². The summed E-state index contributed by atoms with van der Waals surface area (Å²) in [7, 11) is 0. The number of nitrogens with one attached hydrogen (secondary N) is 1. The fraction of sp³-hybridized carbons (Fsp3) is 0.583. The van der Waals surface area contributed by atoms with Gasteiger partial charge in [0.15, 0.2) is 0 Å². The van der Waals surface area contributed by atoms with Crippen LogP contribution in [0.2, 0.25) is 5.02 Å². The molecule has 3 heteroatoms. The van der Waals surface area contributed by atoms with Crippen LogP contribution in [0.5, 0.6) is 0 Å². The standard InChI is InChI=1S/C12H19ClN2/c1-4-10(5-2)9(3)15-12-11(13)7-6-8-14-12/h6-10H,4-5H2,1-3H3,(H,14,15). The van der Waals surface area contributed by atoms with Crippen molar-refractivity contribution < 1.29 is 0 Å². The second-order valence-corrected chi connectivity index (χ2v) is 4.25. The first-order valence-corrected chi connectivity index (χ1v) is 5.93. The topological polar surface area (TPSA) is 24.9 Å². The molecule has 0 aliphatic carbocycles. The van der Waals surface area contributed by atoms with E-state index < -0.39 is 0 Å². The molecule has 1 aromatic rings. The number of aromatic nitrogens is 1. The molecule has 0 saturated carbocycles. The van der Waals surface area contributed by atoms with Crippen molar-refractivity contribution >= 4 is 17.4 Å². The van der Waals surface area contributed by atoms with Gasteiger partial charge in [0, 0.05) is 12.2 Å². The molecule has 0 aliphatic heterocycles. The Morgan fingerprint density at radius 2 is 2.07 bits per heavy atom. The lowest BCUT2D eigenvalue weighted by atomic mass is 9.95. The highest BCUT2D eigenvalue weighted by Gasteiger charge is 2.14. The molecule has 1 atom stereocenters. The third-order valence-corrected chi connectivity index (χ3v) is 3.18. The Hall–Kier alpha value is -0.760. The van der Waals surface area contributed by atoms with E-state index in [1.807, 2.05) is 12.1 Å². The lowest BCUT2D eigenvalue weighted by molar-refractivity contribution is 0.437. The van der Waals surface area contributed by atoms with Gasteiger partial charge in [0.25, 0.3) is 0 Å². The maximum Gasteiger partial charge on any atom is 0.144 e. The summed E-state index contributed by atoms with van der Waals surface area (Å²) in [5.74, 6) is 1.46. The maximum atomic E-state index is 6.03. The number of rotatable bonds is 5. The van der Waals surface area contributed by atoms with Crippen molar-refractivity contribution in [3.63, 3.8) is 0 Å². The third kappa shape index (κ3) is 3.38. The van der Waals surface area contributed by atoms with E-state index in [0.29, 0.717) is 17.0 Å². The third-order valence-electron chi connectivity index (χ3n) is 2.88. The average molecular weight is 227 g/mol. The van der Waals surface area contributed by atoms with Crippen LogP contribution in [0, 0.1) is 5.92 Å². The highest BCUT2D eigenvalue weighted by atomic mass is 35.5. The first kappa shape index (κ1) is 12.3. The van der Waals surface area contributed by atoms with Crippen molar-refractivity contribution in [2.24, 2.45) is 5.92 Å². The second kappa shape index (κ2) is 5.96. The zero-order chi connectivity index (χ0) is 11.3. The van der Waals surface area contributed by atoms with Gasteiger partial charge in [-0.25, -0.2) is 4.98 Å². The molecule has 0 aliphatic rings. The fourth-order valence-corrected chi connectivity index (χ4v) is 2.00. The molecule has 1 aromatic heterocycles. The summed E-state index contributed by atoms with van der Waals surface area (Å²) >= 11 is 6.03. The number of nitrogens with zero attached hydrogens (tertiary/aromatic N) is 1. The quantitative estimate of drug-likeness (QED) is 0.822. The van der Waals surface area contributed by atoms with E-state index in [-0.39, 0.29) is 0 Å². The van der Waals surface area contributed by atoms with Crippen LogP contribution in [0.3, 0.4) is 0 Å². The molecule has 2 nitrogen and oxygen atoms in total. The minimum atomic E-state index is 0.410. The Morgan fingerprint density at radius 1 is 1.40 bits per heavy atom. The second-order valence-electron chi connectivity index (χ2n) is 3.84. The predicted octanol–water partition coefficient (Wildman–Crippen LogP) is 3.97. The smallest absolute Gasteiger partial charge is 0.144 e. The summed E-state index contributed by atoms with van der Waals surface area (Å²) in [6, 6.07) is 4.11. The molecule has 0 fully saturated rings. The molecular formula is C12H19ClN2. The molecule has 0 bridgehead atoms. The van der Waals surface area contributed by atoms with Crippen molar-refractivity contribution in [3.05, 3.63) is 23.4 Å². The number of hydrogen-bond acceptors (Lipinski definition) is 2. The molecule has 84 valence electrons. The van der Waals surface area contributed by atoms with Crippen LogP contribution >= 0.6 is 11.6 Å². The van der Waals surface area contributed by atoms with Gasteiger partial charge in [0.2, 0.25) is 0 Å². The highest BCUT2D eigenvalue weighted by Crippen LogP contribution is 2.22. The van der Waals surface area contributed by atoms with Gasteiger partial charge in [-0.3, -0.25) is 0 Å². The Kier molecular flexibility index (Phi) is 4.89. The Morgan fingerprint density at radius 3 is 2.60 bits per heavy atom. The predicted molar refractivity (Wildman–Crippen MR) is 66.4 cm³/mol. The summed E-state index contributed by atoms with van der Waals surface area (Å²) in [5, 5.41) is 4.06. The van der Waals surface area contributed by atoms with Crippen LogP contribution in [0.4, 0.5) is 5.82 Å². The van der Waals surface area contributed by atoms with Crippen LogP contribution in [-0.4, -0.2) is 11.0 Å². The van der Waals surface area contributed by atoms with Crippen LogP contribution in [0.1, 0.15) is 33.6 Å². The molecule has 0 radical (unpaired) electrons. The summed E-state index contributed by atoms with van der Waals surface area (Å²) < 4.78 is 0. The van der Waals surface area contributed by atoms with E-state index in [4.69, 9.17) is 11.6 Å². The summed E-state index contributed by atoms with van der Waals surface area (Å²) in [6.45, 7) is 6.61. The van der Waals surface area contributed by atoms with E-state index in [1.54, 1.807) is 6.20 Å². The van der Waals surface area contributed by atoms with Crippen molar-refractivity contribution in [3.8, 4) is 0 Å². The van der Waals surface area contributed by atoms with Crippen molar-refractivity contribution in [2.75, 3.05) is 5.32 Å². The molecule has 0 saturated heterocycles. The zero-order valence-electron chi connectivity index (χ0n) is 9.63. The van der Waals surface area contributed by atoms with Gasteiger partial charge >= 0.3 is 0 Å². The van der Waals surface area contributed by atoms with Gasteiger partial charge in [-0.1, -0.05) is 38.3 Å². The van der Waals surface area contributed by atoms with E-state index in [2.05, 4.69) is 31.1 Å². The largest absolute Gasteiger partial charge is 0.366 e. The number of halogens is 1. The summed E-state index contributed by atoms with van der Waals surface area (Å²) in [6.07, 6.45) is 4.11. The molecule has 1 rings (SSSR count).